The van der Waals surface area contributed by atoms with Crippen LogP contribution >= 0.6 is 11.3 Å². The summed E-state index contributed by atoms with van der Waals surface area (Å²) >= 11 is 1.20. The number of rotatable bonds is 12. The number of nitrogens with zero attached hydrogens (tertiary/aromatic N) is 2. The highest BCUT2D eigenvalue weighted by Gasteiger charge is 2.26. The van der Waals surface area contributed by atoms with Crippen LogP contribution in [0, 0.1) is 6.92 Å². The summed E-state index contributed by atoms with van der Waals surface area (Å²) in [5, 5.41) is 16.3. The number of aryl methyl sites for hydroxylation is 2. The van der Waals surface area contributed by atoms with Crippen molar-refractivity contribution in [1.82, 2.24) is 9.88 Å². The predicted molar refractivity (Wildman–Crippen MR) is 137 cm³/mol. The highest BCUT2D eigenvalue weighted by atomic mass is 32.2. The van der Waals surface area contributed by atoms with Crippen molar-refractivity contribution in [2.75, 3.05) is 19.4 Å². The van der Waals surface area contributed by atoms with E-state index in [9.17, 15) is 23.1 Å². The van der Waals surface area contributed by atoms with E-state index in [1.54, 1.807) is 31.2 Å². The van der Waals surface area contributed by atoms with Gasteiger partial charge in [-0.05, 0) is 43.0 Å². The van der Waals surface area contributed by atoms with Gasteiger partial charge in [0.05, 0.1) is 13.7 Å². The molecule has 0 saturated heterocycles. The molecule has 0 saturated carbocycles. The zero-order chi connectivity index (χ0) is 26.3. The topological polar surface area (TPSA) is 140 Å². The molecule has 11 heteroatoms. The van der Waals surface area contributed by atoms with Gasteiger partial charge in [0, 0.05) is 11.4 Å². The van der Waals surface area contributed by atoms with Gasteiger partial charge in [-0.2, -0.15) is 0 Å². The van der Waals surface area contributed by atoms with Crippen molar-refractivity contribution in [2.24, 2.45) is 5.14 Å². The lowest BCUT2D eigenvalue weighted by molar-refractivity contribution is -0.141. The standard InChI is InChI=1S/C25H29N3O6S2/c1-17-23(21(29)16-36(26,32)33)27-22(35-17)15-28(14-6-9-18-7-4-3-5-8-18)25(31)24(30)19-10-12-20(34-2)13-11-19/h3-5,7-8,10-13,24,30H,6,9,14-16H2,1-2H3,(H2,26,32,33)/t24-/m1/s1. The molecule has 1 amide bonds. The predicted octanol–water partition coefficient (Wildman–Crippen LogP) is 2.63. The molecule has 0 aliphatic heterocycles. The number of aliphatic hydroxyl groups is 1. The van der Waals surface area contributed by atoms with Crippen LogP contribution in [0.2, 0.25) is 0 Å². The number of aromatic nitrogens is 1. The van der Waals surface area contributed by atoms with Crippen LogP contribution in [0.5, 0.6) is 5.75 Å². The summed E-state index contributed by atoms with van der Waals surface area (Å²) in [6, 6.07) is 16.4. The zero-order valence-electron chi connectivity index (χ0n) is 20.1. The number of sulfonamides is 1. The molecule has 3 N–H and O–H groups in total. The third kappa shape index (κ3) is 7.69. The molecule has 0 radical (unpaired) electrons. The Bertz CT molecular complexity index is 1290. The van der Waals surface area contributed by atoms with Gasteiger partial charge in [-0.1, -0.05) is 42.5 Å². The maximum absolute atomic E-state index is 13.3. The van der Waals surface area contributed by atoms with Crippen molar-refractivity contribution < 1.29 is 27.9 Å². The van der Waals surface area contributed by atoms with Crippen molar-refractivity contribution in [1.29, 1.82) is 0 Å². The van der Waals surface area contributed by atoms with Gasteiger partial charge in [0.1, 0.15) is 22.2 Å². The third-order valence-corrected chi connectivity index (χ3v) is 7.10. The SMILES string of the molecule is COc1ccc([C@@H](O)C(=O)N(CCCc2ccccc2)Cc2nc(C(=O)CS(N)(=O)=O)c(C)s2)cc1. The largest absolute Gasteiger partial charge is 0.497 e. The average molecular weight is 532 g/mol. The van der Waals surface area contributed by atoms with E-state index < -0.39 is 33.6 Å². The maximum Gasteiger partial charge on any atom is 0.256 e. The van der Waals surface area contributed by atoms with E-state index in [4.69, 9.17) is 9.88 Å². The Balaban J connectivity index is 1.79. The number of hydrogen-bond donors (Lipinski definition) is 2. The molecule has 2 aromatic carbocycles. The first kappa shape index (κ1) is 27.5. The highest BCUT2D eigenvalue weighted by molar-refractivity contribution is 7.89. The van der Waals surface area contributed by atoms with Gasteiger partial charge in [0.15, 0.2) is 11.9 Å². The van der Waals surface area contributed by atoms with Gasteiger partial charge in [-0.3, -0.25) is 9.59 Å². The number of ketones is 1. The van der Waals surface area contributed by atoms with Crippen molar-refractivity contribution in [2.45, 2.75) is 32.4 Å². The summed E-state index contributed by atoms with van der Waals surface area (Å²) < 4.78 is 27.8. The van der Waals surface area contributed by atoms with E-state index in [-0.39, 0.29) is 12.2 Å². The van der Waals surface area contributed by atoms with Gasteiger partial charge < -0.3 is 14.7 Å². The minimum Gasteiger partial charge on any atom is -0.497 e. The number of hydrogen-bond acceptors (Lipinski definition) is 8. The van der Waals surface area contributed by atoms with Crippen LogP contribution in [-0.4, -0.2) is 54.5 Å². The van der Waals surface area contributed by atoms with Gasteiger partial charge in [-0.25, -0.2) is 18.5 Å². The van der Waals surface area contributed by atoms with Crippen LogP contribution in [0.15, 0.2) is 54.6 Å². The fourth-order valence-electron chi connectivity index (χ4n) is 3.68. The lowest BCUT2D eigenvalue weighted by Gasteiger charge is -2.25. The van der Waals surface area contributed by atoms with Crippen molar-refractivity contribution >= 4 is 33.1 Å². The van der Waals surface area contributed by atoms with Crippen molar-refractivity contribution in [3.8, 4) is 5.75 Å². The Labute approximate surface area is 214 Å². The molecule has 0 aliphatic carbocycles. The molecule has 0 spiro atoms. The van der Waals surface area contributed by atoms with E-state index in [0.29, 0.717) is 34.2 Å². The summed E-state index contributed by atoms with van der Waals surface area (Å²) in [5.41, 5.74) is 1.58. The molecule has 0 bridgehead atoms. The van der Waals surface area contributed by atoms with Crippen molar-refractivity contribution in [3.63, 3.8) is 0 Å². The number of aliphatic hydroxyl groups excluding tert-OH is 1. The molecular weight excluding hydrogens is 502 g/mol. The van der Waals surface area contributed by atoms with Crippen LogP contribution in [0.4, 0.5) is 0 Å². The number of benzene rings is 2. The Morgan fingerprint density at radius 3 is 2.42 bits per heavy atom. The summed E-state index contributed by atoms with van der Waals surface area (Å²) in [5.74, 6) is -1.43. The Morgan fingerprint density at radius 2 is 1.81 bits per heavy atom. The molecule has 36 heavy (non-hydrogen) atoms. The Kier molecular flexibility index (Phi) is 9.32. The number of Topliss-reactive ketones (excluding diaryl/α,β-unsaturated/α-hetero) is 1. The van der Waals surface area contributed by atoms with Gasteiger partial charge >= 0.3 is 0 Å². The fraction of sp³-hybridized carbons (Fsp3) is 0.320. The van der Waals surface area contributed by atoms with E-state index >= 15 is 0 Å². The zero-order valence-corrected chi connectivity index (χ0v) is 21.7. The molecule has 1 atom stereocenters. The van der Waals surface area contributed by atoms with E-state index in [1.807, 2.05) is 30.3 Å². The lowest BCUT2D eigenvalue weighted by Crippen LogP contribution is -2.35. The smallest absolute Gasteiger partial charge is 0.256 e. The van der Waals surface area contributed by atoms with Crippen LogP contribution in [0.3, 0.4) is 0 Å². The first-order valence-corrected chi connectivity index (χ1v) is 13.8. The molecule has 3 rings (SSSR count). The Hall–Kier alpha value is -3.12. The molecule has 0 unspecified atom stereocenters. The Morgan fingerprint density at radius 1 is 1.14 bits per heavy atom. The van der Waals surface area contributed by atoms with Crippen LogP contribution < -0.4 is 9.88 Å². The summed E-state index contributed by atoms with van der Waals surface area (Å²) in [4.78, 5) is 32.0. The van der Waals surface area contributed by atoms with Crippen LogP contribution in [-0.2, 0) is 27.8 Å². The van der Waals surface area contributed by atoms with Crippen molar-refractivity contribution in [3.05, 3.63) is 81.3 Å². The number of amides is 1. The van der Waals surface area contributed by atoms with Gasteiger partial charge in [0.2, 0.25) is 10.0 Å². The van der Waals surface area contributed by atoms with Crippen LogP contribution in [0.25, 0.3) is 0 Å². The number of primary sulfonamides is 1. The first-order valence-electron chi connectivity index (χ1n) is 11.2. The second-order valence-electron chi connectivity index (χ2n) is 8.27. The number of methoxy groups -OCH3 is 1. The quantitative estimate of drug-likeness (QED) is 0.342. The number of carbonyl (C=O) groups is 2. The molecule has 192 valence electrons. The van der Waals surface area contributed by atoms with Gasteiger partial charge in [0.25, 0.3) is 5.91 Å². The van der Waals surface area contributed by atoms with E-state index in [0.717, 1.165) is 12.0 Å². The second-order valence-corrected chi connectivity index (χ2v) is 11.2. The van der Waals surface area contributed by atoms with E-state index in [2.05, 4.69) is 4.98 Å². The minimum absolute atomic E-state index is 0.0245. The number of ether oxygens (including phenoxy) is 1. The number of nitrogens with two attached hydrogens (primary N) is 1. The summed E-state index contributed by atoms with van der Waals surface area (Å²) in [6.07, 6.45) is -0.0117. The maximum atomic E-state index is 13.3. The van der Waals surface area contributed by atoms with E-state index in [1.165, 1.54) is 23.3 Å². The third-order valence-electron chi connectivity index (χ3n) is 5.48. The normalized spacial score (nSPS) is 12.2. The fourth-order valence-corrected chi connectivity index (χ4v) is 5.15. The molecular formula is C25H29N3O6S2. The highest BCUT2D eigenvalue weighted by Crippen LogP contribution is 2.24. The molecule has 0 aliphatic rings. The molecule has 9 nitrogen and oxygen atoms in total. The number of carbonyl (C=O) groups excluding carboxylic acids is 2. The monoisotopic (exact) mass is 531 g/mol. The number of thiazole rings is 1. The molecule has 1 aromatic heterocycles. The second kappa shape index (κ2) is 12.2. The summed E-state index contributed by atoms with van der Waals surface area (Å²) in [7, 11) is -2.46. The average Bonchev–Trinajstić information content (AvgIpc) is 3.22. The van der Waals surface area contributed by atoms with Crippen LogP contribution in [0.1, 0.15) is 44.0 Å². The molecule has 0 fully saturated rings. The lowest BCUT2D eigenvalue weighted by atomic mass is 10.1. The summed E-state index contributed by atoms with van der Waals surface area (Å²) in [6.45, 7) is 2.07. The molecule has 3 aromatic rings. The minimum atomic E-state index is -3.99. The molecule has 1 heterocycles. The first-order chi connectivity index (χ1) is 17.1. The van der Waals surface area contributed by atoms with Gasteiger partial charge in [-0.15, -0.1) is 11.3 Å².